The van der Waals surface area contributed by atoms with Crippen molar-refractivity contribution < 1.29 is 4.39 Å². The lowest BCUT2D eigenvalue weighted by Gasteiger charge is -2.00. The molecule has 0 saturated heterocycles. The zero-order valence-electron chi connectivity index (χ0n) is 9.57. The second kappa shape index (κ2) is 5.05. The van der Waals surface area contributed by atoms with Crippen LogP contribution in [0.2, 0.25) is 0 Å². The van der Waals surface area contributed by atoms with E-state index in [1.165, 1.54) is 23.6 Å². The summed E-state index contributed by atoms with van der Waals surface area (Å²) in [6, 6.07) is 4.94. The van der Waals surface area contributed by atoms with E-state index in [1.807, 2.05) is 25.3 Å². The lowest BCUT2D eigenvalue weighted by atomic mass is 10.1. The van der Waals surface area contributed by atoms with Crippen molar-refractivity contribution in [3.8, 4) is 0 Å². The van der Waals surface area contributed by atoms with Gasteiger partial charge in [-0.25, -0.2) is 9.37 Å². The molecule has 0 radical (unpaired) electrons. The molecule has 0 bridgehead atoms. The third-order valence-electron chi connectivity index (χ3n) is 2.24. The Hall–Kier alpha value is -1.75. The summed E-state index contributed by atoms with van der Waals surface area (Å²) in [4.78, 5) is 4.19. The minimum Gasteiger partial charge on any atom is -0.253 e. The summed E-state index contributed by atoms with van der Waals surface area (Å²) < 4.78 is 13.4. The molecule has 0 aliphatic carbocycles. The van der Waals surface area contributed by atoms with E-state index in [-0.39, 0.29) is 5.82 Å². The van der Waals surface area contributed by atoms with Crippen LogP contribution in [0.3, 0.4) is 0 Å². The van der Waals surface area contributed by atoms with E-state index >= 15 is 0 Å². The number of aromatic nitrogens is 1. The monoisotopic (exact) mass is 249 g/mol. The van der Waals surface area contributed by atoms with Crippen LogP contribution in [-0.2, 0) is 0 Å². The lowest BCUT2D eigenvalue weighted by Crippen LogP contribution is -1.95. The number of anilines is 1. The number of aryl methyl sites for hydroxylation is 2. The van der Waals surface area contributed by atoms with E-state index in [0.717, 1.165) is 11.3 Å². The van der Waals surface area contributed by atoms with Crippen molar-refractivity contribution in [2.24, 2.45) is 5.10 Å². The molecule has 0 spiro atoms. The van der Waals surface area contributed by atoms with Crippen LogP contribution in [0.4, 0.5) is 9.52 Å². The van der Waals surface area contributed by atoms with E-state index in [0.29, 0.717) is 10.7 Å². The second-order valence-electron chi connectivity index (χ2n) is 3.63. The molecule has 1 N–H and O–H groups in total. The highest BCUT2D eigenvalue weighted by atomic mass is 32.1. The molecule has 2 rings (SSSR count). The van der Waals surface area contributed by atoms with Gasteiger partial charge in [0.2, 0.25) is 5.13 Å². The van der Waals surface area contributed by atoms with E-state index in [2.05, 4.69) is 15.5 Å². The molecule has 1 aromatic carbocycles. The van der Waals surface area contributed by atoms with Gasteiger partial charge in [-0.1, -0.05) is 12.1 Å². The van der Waals surface area contributed by atoms with Gasteiger partial charge in [0.25, 0.3) is 0 Å². The molecule has 0 amide bonds. The molecule has 3 nitrogen and oxygen atoms in total. The molecule has 5 heteroatoms. The number of thiazole rings is 1. The van der Waals surface area contributed by atoms with Gasteiger partial charge in [-0.15, -0.1) is 11.3 Å². The second-order valence-corrected chi connectivity index (χ2v) is 4.49. The fraction of sp³-hybridized carbons (Fsp3) is 0.167. The Kier molecular flexibility index (Phi) is 3.49. The highest BCUT2D eigenvalue weighted by molar-refractivity contribution is 7.13. The number of hydrogen-bond acceptors (Lipinski definition) is 4. The summed E-state index contributed by atoms with van der Waals surface area (Å²) in [7, 11) is 0. The van der Waals surface area contributed by atoms with Gasteiger partial charge in [0.1, 0.15) is 5.82 Å². The quantitative estimate of drug-likeness (QED) is 0.669. The summed E-state index contributed by atoms with van der Waals surface area (Å²) in [5, 5.41) is 6.60. The van der Waals surface area contributed by atoms with Crippen molar-refractivity contribution >= 4 is 22.7 Å². The fourth-order valence-corrected chi connectivity index (χ4v) is 2.00. The zero-order valence-corrected chi connectivity index (χ0v) is 10.4. The summed E-state index contributed by atoms with van der Waals surface area (Å²) in [5.41, 5.74) is 5.06. The highest BCUT2D eigenvalue weighted by Crippen LogP contribution is 2.14. The van der Waals surface area contributed by atoms with Gasteiger partial charge in [0.05, 0.1) is 11.9 Å². The van der Waals surface area contributed by atoms with E-state index < -0.39 is 0 Å². The van der Waals surface area contributed by atoms with Crippen LogP contribution in [-0.4, -0.2) is 11.2 Å². The molecule has 0 aliphatic heterocycles. The Morgan fingerprint density at radius 1 is 1.41 bits per heavy atom. The molecular weight excluding hydrogens is 237 g/mol. The van der Waals surface area contributed by atoms with Crippen molar-refractivity contribution in [1.29, 1.82) is 0 Å². The molecule has 1 aromatic heterocycles. The SMILES string of the molecule is Cc1csc(NN=Cc2c(C)cccc2F)n1. The molecule has 17 heavy (non-hydrogen) atoms. The predicted molar refractivity (Wildman–Crippen MR) is 69.2 cm³/mol. The van der Waals surface area contributed by atoms with Gasteiger partial charge in [0.15, 0.2) is 0 Å². The molecule has 0 aliphatic rings. The van der Waals surface area contributed by atoms with E-state index in [1.54, 1.807) is 6.07 Å². The summed E-state index contributed by atoms with van der Waals surface area (Å²) >= 11 is 1.46. The van der Waals surface area contributed by atoms with Gasteiger partial charge >= 0.3 is 0 Å². The van der Waals surface area contributed by atoms with Crippen molar-refractivity contribution in [3.63, 3.8) is 0 Å². The smallest absolute Gasteiger partial charge is 0.203 e. The van der Waals surface area contributed by atoms with Crippen molar-refractivity contribution in [1.82, 2.24) is 4.98 Å². The lowest BCUT2D eigenvalue weighted by molar-refractivity contribution is 0.624. The van der Waals surface area contributed by atoms with Gasteiger partial charge in [-0.3, -0.25) is 5.43 Å². The van der Waals surface area contributed by atoms with Gasteiger partial charge in [-0.2, -0.15) is 5.10 Å². The van der Waals surface area contributed by atoms with Crippen LogP contribution in [0.15, 0.2) is 28.7 Å². The maximum absolute atomic E-state index is 13.4. The average molecular weight is 249 g/mol. The topological polar surface area (TPSA) is 37.3 Å². The normalized spacial score (nSPS) is 11.0. The average Bonchev–Trinajstić information content (AvgIpc) is 2.69. The largest absolute Gasteiger partial charge is 0.253 e. The fourth-order valence-electron chi connectivity index (χ4n) is 1.37. The minimum atomic E-state index is -0.272. The maximum Gasteiger partial charge on any atom is 0.203 e. The third-order valence-corrected chi connectivity index (χ3v) is 3.11. The van der Waals surface area contributed by atoms with Crippen LogP contribution in [0.1, 0.15) is 16.8 Å². The summed E-state index contributed by atoms with van der Waals surface area (Å²) in [6.07, 6.45) is 1.47. The van der Waals surface area contributed by atoms with Gasteiger partial charge in [-0.05, 0) is 25.5 Å². The minimum absolute atomic E-state index is 0.272. The number of hydrogen-bond donors (Lipinski definition) is 1. The maximum atomic E-state index is 13.4. The molecule has 1 heterocycles. The Balaban J connectivity index is 2.10. The first-order valence-corrected chi connectivity index (χ1v) is 6.01. The summed E-state index contributed by atoms with van der Waals surface area (Å²) in [5.74, 6) is -0.272. The molecule has 88 valence electrons. The molecule has 0 saturated carbocycles. The Bertz CT molecular complexity index is 528. The predicted octanol–water partition coefficient (Wildman–Crippen LogP) is 3.35. The molecule has 0 fully saturated rings. The molecule has 0 atom stereocenters. The van der Waals surface area contributed by atoms with Crippen molar-refractivity contribution in [2.45, 2.75) is 13.8 Å². The van der Waals surface area contributed by atoms with E-state index in [9.17, 15) is 4.39 Å². The number of halogens is 1. The number of nitrogens with zero attached hydrogens (tertiary/aromatic N) is 2. The zero-order chi connectivity index (χ0) is 12.3. The Morgan fingerprint density at radius 3 is 2.88 bits per heavy atom. The molecule has 0 unspecified atom stereocenters. The first kappa shape index (κ1) is 11.7. The van der Waals surface area contributed by atoms with Crippen LogP contribution in [0.25, 0.3) is 0 Å². The third kappa shape index (κ3) is 2.88. The first-order chi connectivity index (χ1) is 8.16. The van der Waals surface area contributed by atoms with Gasteiger partial charge < -0.3 is 0 Å². The number of nitrogens with one attached hydrogen (secondary N) is 1. The standard InChI is InChI=1S/C12H12FN3S/c1-8-4-3-5-11(13)10(8)6-14-16-12-15-9(2)7-17-12/h3-7H,1-2H3,(H,15,16). The summed E-state index contributed by atoms with van der Waals surface area (Å²) in [6.45, 7) is 3.75. The Labute approximate surface area is 103 Å². The van der Waals surface area contributed by atoms with Crippen LogP contribution in [0.5, 0.6) is 0 Å². The van der Waals surface area contributed by atoms with Crippen molar-refractivity contribution in [3.05, 3.63) is 46.2 Å². The highest BCUT2D eigenvalue weighted by Gasteiger charge is 2.01. The molecular formula is C12H12FN3S. The van der Waals surface area contributed by atoms with Crippen LogP contribution in [0, 0.1) is 19.7 Å². The Morgan fingerprint density at radius 2 is 2.24 bits per heavy atom. The van der Waals surface area contributed by atoms with Gasteiger partial charge in [0, 0.05) is 10.9 Å². The van der Waals surface area contributed by atoms with E-state index in [4.69, 9.17) is 0 Å². The number of hydrazone groups is 1. The van der Waals surface area contributed by atoms with Crippen LogP contribution >= 0.6 is 11.3 Å². The molecule has 2 aromatic rings. The first-order valence-electron chi connectivity index (χ1n) is 5.13. The van der Waals surface area contributed by atoms with Crippen molar-refractivity contribution in [2.75, 3.05) is 5.43 Å². The van der Waals surface area contributed by atoms with Crippen LogP contribution < -0.4 is 5.43 Å². The number of rotatable bonds is 3. The number of benzene rings is 1.